The quantitative estimate of drug-likeness (QED) is 0.324. The normalized spacial score (nSPS) is 18.7. The number of halogens is 2. The Hall–Kier alpha value is -4.02. The number of hydrogen-bond acceptors (Lipinski definition) is 6. The lowest BCUT2D eigenvalue weighted by atomic mass is 9.99. The molecule has 5 rings (SSSR count). The predicted molar refractivity (Wildman–Crippen MR) is 147 cm³/mol. The molecule has 40 heavy (non-hydrogen) atoms. The maximum atomic E-state index is 14.1. The van der Waals surface area contributed by atoms with Crippen LogP contribution in [0, 0.1) is 25.5 Å². The van der Waals surface area contributed by atoms with Crippen molar-refractivity contribution in [3.63, 3.8) is 0 Å². The van der Waals surface area contributed by atoms with Gasteiger partial charge >= 0.3 is 0 Å². The average molecular weight is 547 g/mol. The van der Waals surface area contributed by atoms with Crippen LogP contribution in [0.25, 0.3) is 16.9 Å². The zero-order chi connectivity index (χ0) is 28.2. The molecule has 208 valence electrons. The largest absolute Gasteiger partial charge is 0.385 e. The van der Waals surface area contributed by atoms with E-state index >= 15 is 0 Å². The van der Waals surface area contributed by atoms with Gasteiger partial charge < -0.3 is 15.4 Å². The molecule has 0 aliphatic carbocycles. The summed E-state index contributed by atoms with van der Waals surface area (Å²) in [6, 6.07) is 12.8. The summed E-state index contributed by atoms with van der Waals surface area (Å²) < 4.78 is 34.8. The second-order valence-electron chi connectivity index (χ2n) is 10.1. The molecular formula is C30H32F2N6O2. The van der Waals surface area contributed by atoms with Crippen LogP contribution in [0.5, 0.6) is 0 Å². The second-order valence-corrected chi connectivity index (χ2v) is 10.1. The lowest BCUT2D eigenvalue weighted by Gasteiger charge is -2.22. The van der Waals surface area contributed by atoms with Crippen molar-refractivity contribution in [3.05, 3.63) is 95.2 Å². The number of benzene rings is 2. The highest BCUT2D eigenvalue weighted by molar-refractivity contribution is 5.80. The second kappa shape index (κ2) is 12.0. The Labute approximate surface area is 231 Å². The van der Waals surface area contributed by atoms with Gasteiger partial charge in [0.25, 0.3) is 0 Å². The molecule has 0 spiro atoms. The Morgan fingerprint density at radius 1 is 1.10 bits per heavy atom. The van der Waals surface area contributed by atoms with E-state index in [4.69, 9.17) is 9.84 Å². The van der Waals surface area contributed by atoms with E-state index in [0.29, 0.717) is 30.1 Å². The highest BCUT2D eigenvalue weighted by Crippen LogP contribution is 2.31. The van der Waals surface area contributed by atoms with Crippen LogP contribution in [-0.4, -0.2) is 51.5 Å². The number of nitrogens with one attached hydrogen (secondary N) is 2. The SMILES string of the molecule is COCC[C@@H]1C[C@@H](NC(=O)Cc2c(C)c(-c3cnc(C)nc3)nn2-c2ccccc2)[C@H](c2ccc(F)c(F)c2)N1. The maximum Gasteiger partial charge on any atom is 0.226 e. The summed E-state index contributed by atoms with van der Waals surface area (Å²) >= 11 is 0. The first-order valence-corrected chi connectivity index (χ1v) is 13.3. The van der Waals surface area contributed by atoms with Gasteiger partial charge in [0, 0.05) is 43.8 Å². The molecular weight excluding hydrogens is 514 g/mol. The van der Waals surface area contributed by atoms with Crippen molar-refractivity contribution in [2.75, 3.05) is 13.7 Å². The van der Waals surface area contributed by atoms with Crippen LogP contribution in [0.4, 0.5) is 8.78 Å². The first-order chi connectivity index (χ1) is 19.3. The van der Waals surface area contributed by atoms with E-state index < -0.39 is 11.6 Å². The van der Waals surface area contributed by atoms with Crippen molar-refractivity contribution < 1.29 is 18.3 Å². The Morgan fingerprint density at radius 3 is 2.55 bits per heavy atom. The zero-order valence-corrected chi connectivity index (χ0v) is 22.7. The molecule has 1 fully saturated rings. The number of hydrogen-bond donors (Lipinski definition) is 2. The van der Waals surface area contributed by atoms with E-state index in [1.54, 1.807) is 30.3 Å². The number of ether oxygens (including phenoxy) is 1. The van der Waals surface area contributed by atoms with Gasteiger partial charge in [0.15, 0.2) is 11.6 Å². The molecule has 1 aliphatic heterocycles. The fourth-order valence-electron chi connectivity index (χ4n) is 5.24. The van der Waals surface area contributed by atoms with Gasteiger partial charge in [-0.15, -0.1) is 0 Å². The third-order valence-corrected chi connectivity index (χ3v) is 7.30. The minimum atomic E-state index is -0.917. The van der Waals surface area contributed by atoms with E-state index in [2.05, 4.69) is 20.6 Å². The summed E-state index contributed by atoms with van der Waals surface area (Å²) in [5.74, 6) is -1.36. The van der Waals surface area contributed by atoms with Crippen molar-refractivity contribution >= 4 is 5.91 Å². The first kappa shape index (κ1) is 27.5. The average Bonchev–Trinajstić information content (AvgIpc) is 3.50. The molecule has 1 aliphatic rings. The van der Waals surface area contributed by atoms with Gasteiger partial charge in [0.1, 0.15) is 5.82 Å². The summed E-state index contributed by atoms with van der Waals surface area (Å²) in [7, 11) is 1.64. The topological polar surface area (TPSA) is 94.0 Å². The van der Waals surface area contributed by atoms with Crippen LogP contribution in [-0.2, 0) is 16.0 Å². The van der Waals surface area contributed by atoms with Crippen molar-refractivity contribution in [2.45, 2.75) is 51.2 Å². The number of amides is 1. The highest BCUT2D eigenvalue weighted by atomic mass is 19.2. The minimum Gasteiger partial charge on any atom is -0.385 e. The van der Waals surface area contributed by atoms with Crippen molar-refractivity contribution in [3.8, 4) is 16.9 Å². The number of aromatic nitrogens is 4. The summed E-state index contributed by atoms with van der Waals surface area (Å²) in [5.41, 5.74) is 4.47. The summed E-state index contributed by atoms with van der Waals surface area (Å²) in [5, 5.41) is 11.5. The predicted octanol–water partition coefficient (Wildman–Crippen LogP) is 4.39. The molecule has 3 atom stereocenters. The van der Waals surface area contributed by atoms with Gasteiger partial charge in [0.05, 0.1) is 29.5 Å². The molecule has 0 bridgehead atoms. The smallest absolute Gasteiger partial charge is 0.226 e. The lowest BCUT2D eigenvalue weighted by molar-refractivity contribution is -0.121. The van der Waals surface area contributed by atoms with Crippen molar-refractivity contribution in [2.24, 2.45) is 0 Å². The molecule has 8 nitrogen and oxygen atoms in total. The molecule has 2 aromatic heterocycles. The Bertz CT molecular complexity index is 1480. The van der Waals surface area contributed by atoms with E-state index in [-0.39, 0.29) is 30.5 Å². The summed E-state index contributed by atoms with van der Waals surface area (Å²) in [6.45, 7) is 4.30. The van der Waals surface area contributed by atoms with E-state index in [9.17, 15) is 13.6 Å². The monoisotopic (exact) mass is 546 g/mol. The molecule has 0 unspecified atom stereocenters. The molecule has 1 amide bonds. The Kier molecular flexibility index (Phi) is 8.27. The molecule has 10 heteroatoms. The zero-order valence-electron chi connectivity index (χ0n) is 22.7. The number of para-hydroxylation sites is 1. The van der Waals surface area contributed by atoms with E-state index in [0.717, 1.165) is 35.0 Å². The van der Waals surface area contributed by atoms with E-state index in [1.807, 2.05) is 44.2 Å². The molecule has 0 radical (unpaired) electrons. The van der Waals surface area contributed by atoms with Gasteiger partial charge in [-0.1, -0.05) is 24.3 Å². The van der Waals surface area contributed by atoms with Crippen LogP contribution in [0.1, 0.15) is 41.5 Å². The van der Waals surface area contributed by atoms with Gasteiger partial charge in [-0.2, -0.15) is 5.10 Å². The Balaban J connectivity index is 1.42. The number of carbonyl (C=O) groups excluding carboxylic acids is 1. The first-order valence-electron chi connectivity index (χ1n) is 13.3. The molecule has 1 saturated heterocycles. The van der Waals surface area contributed by atoms with E-state index in [1.165, 1.54) is 6.07 Å². The summed E-state index contributed by atoms with van der Waals surface area (Å²) in [4.78, 5) is 22.2. The van der Waals surface area contributed by atoms with Crippen molar-refractivity contribution in [1.29, 1.82) is 0 Å². The summed E-state index contributed by atoms with van der Waals surface area (Å²) in [6.07, 6.45) is 4.89. The molecule has 2 N–H and O–H groups in total. The van der Waals surface area contributed by atoms with Crippen LogP contribution in [0.2, 0.25) is 0 Å². The van der Waals surface area contributed by atoms with Gasteiger partial charge in [-0.3, -0.25) is 4.79 Å². The highest BCUT2D eigenvalue weighted by Gasteiger charge is 2.36. The number of methoxy groups -OCH3 is 1. The number of aryl methyl sites for hydroxylation is 1. The van der Waals surface area contributed by atoms with Gasteiger partial charge in [0.2, 0.25) is 5.91 Å². The number of carbonyl (C=O) groups is 1. The number of nitrogens with zero attached hydrogens (tertiary/aromatic N) is 4. The van der Waals surface area contributed by atoms with Crippen LogP contribution < -0.4 is 10.6 Å². The maximum absolute atomic E-state index is 14.1. The molecule has 0 saturated carbocycles. The van der Waals surface area contributed by atoms with Crippen LogP contribution in [0.3, 0.4) is 0 Å². The van der Waals surface area contributed by atoms with Crippen molar-refractivity contribution in [1.82, 2.24) is 30.4 Å². The van der Waals surface area contributed by atoms with Gasteiger partial charge in [-0.25, -0.2) is 23.4 Å². The molecule has 3 heterocycles. The van der Waals surface area contributed by atoms with Crippen LogP contribution >= 0.6 is 0 Å². The molecule has 2 aromatic carbocycles. The fourth-order valence-corrected chi connectivity index (χ4v) is 5.24. The minimum absolute atomic E-state index is 0.0492. The van der Waals surface area contributed by atoms with Gasteiger partial charge in [-0.05, 0) is 62.1 Å². The molecule has 4 aromatic rings. The lowest BCUT2D eigenvalue weighted by Crippen LogP contribution is -2.39. The number of rotatable bonds is 9. The standard InChI is InChI=1S/C30H32F2N6O2/c1-18-27(38(23-7-5-4-6-8-23)37-29(18)21-16-33-19(2)34-17-21)15-28(39)36-26-14-22(11-12-40-3)35-30(26)20-9-10-24(31)25(32)13-20/h4-10,13,16-17,22,26,30,35H,11-12,14-15H2,1-3H3,(H,36,39)/t22-,26-,30+/m1/s1. The Morgan fingerprint density at radius 2 is 1.85 bits per heavy atom. The third-order valence-electron chi connectivity index (χ3n) is 7.30. The fraction of sp³-hybridized carbons (Fsp3) is 0.333. The van der Waals surface area contributed by atoms with Crippen LogP contribution in [0.15, 0.2) is 60.9 Å². The third kappa shape index (κ3) is 5.93.